The lowest BCUT2D eigenvalue weighted by molar-refractivity contribution is 0.481. The molecule has 0 atom stereocenters. The molecule has 0 saturated heterocycles. The van der Waals surface area contributed by atoms with Crippen molar-refractivity contribution >= 4 is 10.8 Å². The zero-order valence-electron chi connectivity index (χ0n) is 6.78. The molecule has 2 nitrogen and oxygen atoms in total. The molecule has 0 radical (unpaired) electrons. The topological polar surface area (TPSA) is 33.1 Å². The van der Waals surface area contributed by atoms with Gasteiger partial charge in [-0.05, 0) is 18.6 Å². The summed E-state index contributed by atoms with van der Waals surface area (Å²) in [6.07, 6.45) is 3.50. The first kappa shape index (κ1) is 7.10. The van der Waals surface area contributed by atoms with Gasteiger partial charge in [0, 0.05) is 23.2 Å². The van der Waals surface area contributed by atoms with Crippen LogP contribution in [0.15, 0.2) is 30.6 Å². The van der Waals surface area contributed by atoms with Gasteiger partial charge in [0.15, 0.2) is 0 Å². The number of pyridine rings is 1. The number of hydrogen-bond donors (Lipinski definition) is 1. The lowest BCUT2D eigenvalue weighted by atomic mass is 10.1. The molecule has 1 aromatic carbocycles. The predicted octanol–water partition coefficient (Wildman–Crippen LogP) is 2.25. The second kappa shape index (κ2) is 2.48. The number of hydrogen-bond acceptors (Lipinski definition) is 2. The molecule has 0 aliphatic heterocycles. The van der Waals surface area contributed by atoms with E-state index in [1.54, 1.807) is 18.5 Å². The normalized spacial score (nSPS) is 10.4. The molecule has 0 saturated carbocycles. The van der Waals surface area contributed by atoms with Crippen LogP contribution in [-0.4, -0.2) is 10.1 Å². The van der Waals surface area contributed by atoms with E-state index in [1.165, 1.54) is 0 Å². The molecule has 0 bridgehead atoms. The van der Waals surface area contributed by atoms with Crippen LogP contribution in [0.1, 0.15) is 5.56 Å². The van der Waals surface area contributed by atoms with Gasteiger partial charge in [0.05, 0.1) is 0 Å². The molecule has 0 amide bonds. The Morgan fingerprint density at radius 3 is 2.83 bits per heavy atom. The van der Waals surface area contributed by atoms with Crippen molar-refractivity contribution in [3.8, 4) is 5.75 Å². The van der Waals surface area contributed by atoms with Gasteiger partial charge in [-0.1, -0.05) is 12.1 Å². The average molecular weight is 159 g/mol. The number of aromatic hydroxyl groups is 1. The SMILES string of the molecule is Cc1cncc2cccc(O)c12. The molecule has 0 unspecified atom stereocenters. The molecule has 0 aliphatic carbocycles. The van der Waals surface area contributed by atoms with E-state index >= 15 is 0 Å². The number of fused-ring (bicyclic) bond motifs is 1. The molecule has 0 fully saturated rings. The second-order valence-corrected chi connectivity index (χ2v) is 2.83. The number of aromatic nitrogens is 1. The molecule has 2 rings (SSSR count). The summed E-state index contributed by atoms with van der Waals surface area (Å²) in [6.45, 7) is 1.94. The van der Waals surface area contributed by atoms with Gasteiger partial charge < -0.3 is 5.11 Å². The van der Waals surface area contributed by atoms with Gasteiger partial charge in [0.2, 0.25) is 0 Å². The summed E-state index contributed by atoms with van der Waals surface area (Å²) in [6, 6.07) is 5.45. The van der Waals surface area contributed by atoms with Crippen molar-refractivity contribution in [2.24, 2.45) is 0 Å². The maximum atomic E-state index is 9.52. The van der Waals surface area contributed by atoms with Crippen LogP contribution in [0.4, 0.5) is 0 Å². The van der Waals surface area contributed by atoms with Gasteiger partial charge in [-0.25, -0.2) is 0 Å². The van der Waals surface area contributed by atoms with Gasteiger partial charge in [0.1, 0.15) is 5.75 Å². The molecular formula is C10H9NO. The molecule has 1 aromatic heterocycles. The van der Waals surface area contributed by atoms with Gasteiger partial charge in [-0.15, -0.1) is 0 Å². The lowest BCUT2D eigenvalue weighted by Gasteiger charge is -2.02. The zero-order chi connectivity index (χ0) is 8.55. The Kier molecular flexibility index (Phi) is 1.47. The maximum absolute atomic E-state index is 9.52. The highest BCUT2D eigenvalue weighted by atomic mass is 16.3. The first-order valence-corrected chi connectivity index (χ1v) is 3.81. The minimum atomic E-state index is 0.326. The van der Waals surface area contributed by atoms with E-state index in [4.69, 9.17) is 0 Å². The predicted molar refractivity (Wildman–Crippen MR) is 48.1 cm³/mol. The molecule has 12 heavy (non-hydrogen) atoms. The standard InChI is InChI=1S/C10H9NO/c1-7-5-11-6-8-3-2-4-9(12)10(7)8/h2-6,12H,1H3. The fourth-order valence-electron chi connectivity index (χ4n) is 1.39. The van der Waals surface area contributed by atoms with Crippen LogP contribution >= 0.6 is 0 Å². The third-order valence-electron chi connectivity index (χ3n) is 1.95. The summed E-state index contributed by atoms with van der Waals surface area (Å²) in [7, 11) is 0. The number of benzene rings is 1. The highest BCUT2D eigenvalue weighted by molar-refractivity contribution is 5.89. The van der Waals surface area contributed by atoms with Crippen LogP contribution in [0.25, 0.3) is 10.8 Å². The van der Waals surface area contributed by atoms with Crippen LogP contribution in [0, 0.1) is 6.92 Å². The van der Waals surface area contributed by atoms with Crippen molar-refractivity contribution in [1.29, 1.82) is 0 Å². The summed E-state index contributed by atoms with van der Waals surface area (Å²) in [5.41, 5.74) is 1.01. The Bertz CT molecular complexity index is 386. The van der Waals surface area contributed by atoms with E-state index in [0.29, 0.717) is 5.75 Å². The fraction of sp³-hybridized carbons (Fsp3) is 0.100. The monoisotopic (exact) mass is 159 g/mol. The number of phenols is 1. The minimum absolute atomic E-state index is 0.326. The molecule has 60 valence electrons. The Labute approximate surface area is 70.5 Å². The average Bonchev–Trinajstić information content (AvgIpc) is 2.04. The Balaban J connectivity index is 2.96. The third-order valence-corrected chi connectivity index (χ3v) is 1.95. The summed E-state index contributed by atoms with van der Waals surface area (Å²) in [4.78, 5) is 4.04. The summed E-state index contributed by atoms with van der Waals surface area (Å²) < 4.78 is 0. The van der Waals surface area contributed by atoms with E-state index in [-0.39, 0.29) is 0 Å². The van der Waals surface area contributed by atoms with E-state index < -0.39 is 0 Å². The first-order valence-electron chi connectivity index (χ1n) is 3.81. The van der Waals surface area contributed by atoms with Crippen LogP contribution in [-0.2, 0) is 0 Å². The minimum Gasteiger partial charge on any atom is -0.507 e. The summed E-state index contributed by atoms with van der Waals surface area (Å²) >= 11 is 0. The van der Waals surface area contributed by atoms with Crippen LogP contribution in [0.3, 0.4) is 0 Å². The van der Waals surface area contributed by atoms with Gasteiger partial charge >= 0.3 is 0 Å². The molecule has 1 N–H and O–H groups in total. The summed E-state index contributed by atoms with van der Waals surface area (Å²) in [5, 5.41) is 11.4. The van der Waals surface area contributed by atoms with E-state index in [0.717, 1.165) is 16.3 Å². The summed E-state index contributed by atoms with van der Waals surface area (Å²) in [5.74, 6) is 0.326. The molecule has 0 aliphatic rings. The third kappa shape index (κ3) is 0.925. The smallest absolute Gasteiger partial charge is 0.123 e. The lowest BCUT2D eigenvalue weighted by Crippen LogP contribution is -1.81. The number of phenolic OH excluding ortho intramolecular Hbond substituents is 1. The first-order chi connectivity index (χ1) is 5.79. The largest absolute Gasteiger partial charge is 0.507 e. The highest BCUT2D eigenvalue weighted by Crippen LogP contribution is 2.25. The Morgan fingerprint density at radius 2 is 2.08 bits per heavy atom. The molecule has 1 heterocycles. The van der Waals surface area contributed by atoms with Crippen molar-refractivity contribution in [2.75, 3.05) is 0 Å². The van der Waals surface area contributed by atoms with Crippen LogP contribution < -0.4 is 0 Å². The van der Waals surface area contributed by atoms with Crippen LogP contribution in [0.2, 0.25) is 0 Å². The Morgan fingerprint density at radius 1 is 1.25 bits per heavy atom. The Hall–Kier alpha value is -1.57. The zero-order valence-corrected chi connectivity index (χ0v) is 6.78. The second-order valence-electron chi connectivity index (χ2n) is 2.83. The fourth-order valence-corrected chi connectivity index (χ4v) is 1.39. The van der Waals surface area contributed by atoms with Gasteiger partial charge in [-0.3, -0.25) is 4.98 Å². The number of aryl methyl sites for hydroxylation is 1. The molecule has 2 aromatic rings. The van der Waals surface area contributed by atoms with Crippen molar-refractivity contribution in [3.63, 3.8) is 0 Å². The van der Waals surface area contributed by atoms with E-state index in [9.17, 15) is 5.11 Å². The van der Waals surface area contributed by atoms with Crippen molar-refractivity contribution < 1.29 is 5.11 Å². The highest BCUT2D eigenvalue weighted by Gasteiger charge is 2.00. The quantitative estimate of drug-likeness (QED) is 0.639. The van der Waals surface area contributed by atoms with Crippen LogP contribution in [0.5, 0.6) is 5.75 Å². The molecule has 2 heteroatoms. The van der Waals surface area contributed by atoms with E-state index in [1.807, 2.05) is 19.1 Å². The molecule has 0 spiro atoms. The van der Waals surface area contributed by atoms with Crippen molar-refractivity contribution in [3.05, 3.63) is 36.2 Å². The van der Waals surface area contributed by atoms with Gasteiger partial charge in [-0.2, -0.15) is 0 Å². The number of nitrogens with zero attached hydrogens (tertiary/aromatic N) is 1. The van der Waals surface area contributed by atoms with Gasteiger partial charge in [0.25, 0.3) is 0 Å². The van der Waals surface area contributed by atoms with E-state index in [2.05, 4.69) is 4.98 Å². The molecular weight excluding hydrogens is 150 g/mol. The van der Waals surface area contributed by atoms with Crippen molar-refractivity contribution in [1.82, 2.24) is 4.98 Å². The maximum Gasteiger partial charge on any atom is 0.123 e. The number of rotatable bonds is 0. The van der Waals surface area contributed by atoms with Crippen molar-refractivity contribution in [2.45, 2.75) is 6.92 Å².